The van der Waals surface area contributed by atoms with Crippen LogP contribution in [0.25, 0.3) is 0 Å². The van der Waals surface area contributed by atoms with Gasteiger partial charge in [0.2, 0.25) is 5.91 Å². The van der Waals surface area contributed by atoms with Crippen molar-refractivity contribution in [3.63, 3.8) is 0 Å². The highest BCUT2D eigenvalue weighted by molar-refractivity contribution is 5.78. The van der Waals surface area contributed by atoms with Gasteiger partial charge in [0.15, 0.2) is 0 Å². The van der Waals surface area contributed by atoms with Crippen LogP contribution in [-0.2, 0) is 19.0 Å². The molecule has 130 valence electrons. The predicted octanol–water partition coefficient (Wildman–Crippen LogP) is 0.992. The molecular formula is C16H32N2O4. The Morgan fingerprint density at radius 3 is 2.18 bits per heavy atom. The topological polar surface area (TPSA) is 51.2 Å². The van der Waals surface area contributed by atoms with Crippen LogP contribution >= 0.6 is 0 Å². The maximum atomic E-state index is 12.6. The average Bonchev–Trinajstić information content (AvgIpc) is 2.45. The SMILES string of the molecule is CO[C@H]1[C@H](N(C)CC(=O)N(C(C)C)C(C)C)COC[C@H]1OC. The summed E-state index contributed by atoms with van der Waals surface area (Å²) in [5.41, 5.74) is 0. The standard InChI is InChI=1S/C16H32N2O4/c1-11(2)18(12(3)4)15(19)8-17(5)13-9-22-10-14(20-6)16(13)21-7/h11-14,16H,8-10H2,1-7H3/t13-,14-,16+/m1/s1. The van der Waals surface area contributed by atoms with Crippen molar-refractivity contribution < 1.29 is 19.0 Å². The number of amides is 1. The Labute approximate surface area is 134 Å². The Bertz CT molecular complexity index is 341. The van der Waals surface area contributed by atoms with E-state index in [4.69, 9.17) is 14.2 Å². The summed E-state index contributed by atoms with van der Waals surface area (Å²) in [6, 6.07) is 0.385. The average molecular weight is 316 g/mol. The molecule has 6 nitrogen and oxygen atoms in total. The Morgan fingerprint density at radius 2 is 1.73 bits per heavy atom. The van der Waals surface area contributed by atoms with Gasteiger partial charge in [0.1, 0.15) is 12.2 Å². The number of likely N-dealkylation sites (N-methyl/N-ethyl adjacent to an activating group) is 1. The van der Waals surface area contributed by atoms with Crippen molar-refractivity contribution in [3.05, 3.63) is 0 Å². The van der Waals surface area contributed by atoms with E-state index in [1.165, 1.54) is 0 Å². The number of nitrogens with zero attached hydrogens (tertiary/aromatic N) is 2. The van der Waals surface area contributed by atoms with Crippen molar-refractivity contribution in [1.82, 2.24) is 9.80 Å². The van der Waals surface area contributed by atoms with Crippen LogP contribution in [0.3, 0.4) is 0 Å². The second-order valence-electron chi connectivity index (χ2n) is 6.48. The lowest BCUT2D eigenvalue weighted by molar-refractivity contribution is -0.158. The first-order valence-corrected chi connectivity index (χ1v) is 7.98. The fourth-order valence-corrected chi connectivity index (χ4v) is 3.22. The minimum Gasteiger partial charge on any atom is -0.377 e. The Balaban J connectivity index is 2.73. The molecule has 1 saturated heterocycles. The normalized spacial score (nSPS) is 26.0. The quantitative estimate of drug-likeness (QED) is 0.701. The van der Waals surface area contributed by atoms with Gasteiger partial charge in [0, 0.05) is 26.3 Å². The number of rotatable bonds is 7. The van der Waals surface area contributed by atoms with Crippen molar-refractivity contribution >= 4 is 5.91 Å². The lowest BCUT2D eigenvalue weighted by Crippen LogP contribution is -2.58. The largest absolute Gasteiger partial charge is 0.377 e. The Hall–Kier alpha value is -0.690. The summed E-state index contributed by atoms with van der Waals surface area (Å²) in [6.07, 6.45) is -0.198. The smallest absolute Gasteiger partial charge is 0.237 e. The van der Waals surface area contributed by atoms with Gasteiger partial charge < -0.3 is 19.1 Å². The summed E-state index contributed by atoms with van der Waals surface area (Å²) in [5, 5.41) is 0. The van der Waals surface area contributed by atoms with Crippen LogP contribution in [0.5, 0.6) is 0 Å². The molecule has 0 unspecified atom stereocenters. The first-order chi connectivity index (χ1) is 10.3. The third-order valence-corrected chi connectivity index (χ3v) is 4.24. The van der Waals surface area contributed by atoms with Crippen molar-refractivity contribution in [2.75, 3.05) is 41.0 Å². The van der Waals surface area contributed by atoms with Gasteiger partial charge in [0.05, 0.1) is 25.8 Å². The molecule has 1 rings (SSSR count). The molecule has 0 saturated carbocycles. The molecule has 1 fully saturated rings. The molecule has 6 heteroatoms. The van der Waals surface area contributed by atoms with Gasteiger partial charge in [-0.1, -0.05) is 0 Å². The number of carbonyl (C=O) groups is 1. The van der Waals surface area contributed by atoms with Gasteiger partial charge >= 0.3 is 0 Å². The molecule has 0 aromatic rings. The second kappa shape index (κ2) is 8.82. The summed E-state index contributed by atoms with van der Waals surface area (Å²) in [7, 11) is 5.28. The van der Waals surface area contributed by atoms with Gasteiger partial charge in [-0.25, -0.2) is 0 Å². The van der Waals surface area contributed by atoms with Crippen molar-refractivity contribution in [1.29, 1.82) is 0 Å². The highest BCUT2D eigenvalue weighted by Gasteiger charge is 2.37. The summed E-state index contributed by atoms with van der Waals surface area (Å²) in [4.78, 5) is 16.5. The van der Waals surface area contributed by atoms with E-state index >= 15 is 0 Å². The Kier molecular flexibility index (Phi) is 7.76. The monoisotopic (exact) mass is 316 g/mol. The van der Waals surface area contributed by atoms with Gasteiger partial charge in [-0.15, -0.1) is 0 Å². The van der Waals surface area contributed by atoms with E-state index in [-0.39, 0.29) is 36.2 Å². The molecule has 0 N–H and O–H groups in total. The van der Waals surface area contributed by atoms with Crippen LogP contribution in [0.15, 0.2) is 0 Å². The highest BCUT2D eigenvalue weighted by atomic mass is 16.6. The molecule has 1 aliphatic heterocycles. The third-order valence-electron chi connectivity index (χ3n) is 4.24. The molecule has 1 aliphatic rings. The highest BCUT2D eigenvalue weighted by Crippen LogP contribution is 2.19. The Morgan fingerprint density at radius 1 is 1.14 bits per heavy atom. The van der Waals surface area contributed by atoms with Crippen LogP contribution < -0.4 is 0 Å². The first-order valence-electron chi connectivity index (χ1n) is 7.98. The molecule has 1 amide bonds. The van der Waals surface area contributed by atoms with E-state index in [9.17, 15) is 4.79 Å². The molecular weight excluding hydrogens is 284 g/mol. The number of methoxy groups -OCH3 is 2. The van der Waals surface area contributed by atoms with Crippen molar-refractivity contribution in [3.8, 4) is 0 Å². The summed E-state index contributed by atoms with van der Waals surface area (Å²) >= 11 is 0. The number of hydrogen-bond donors (Lipinski definition) is 0. The zero-order chi connectivity index (χ0) is 16.9. The number of ether oxygens (including phenoxy) is 3. The van der Waals surface area contributed by atoms with Crippen LogP contribution in [-0.4, -0.2) is 87.1 Å². The lowest BCUT2D eigenvalue weighted by atomic mass is 10.0. The minimum absolute atomic E-state index is 0.00817. The van der Waals surface area contributed by atoms with Crippen molar-refractivity contribution in [2.45, 2.75) is 58.0 Å². The molecule has 0 aromatic carbocycles. The lowest BCUT2D eigenvalue weighted by Gasteiger charge is -2.41. The van der Waals surface area contributed by atoms with Crippen LogP contribution in [0.4, 0.5) is 0 Å². The van der Waals surface area contributed by atoms with Gasteiger partial charge in [-0.3, -0.25) is 9.69 Å². The molecule has 1 heterocycles. The molecule has 0 radical (unpaired) electrons. The van der Waals surface area contributed by atoms with Crippen LogP contribution in [0, 0.1) is 0 Å². The van der Waals surface area contributed by atoms with E-state index in [2.05, 4.69) is 0 Å². The van der Waals surface area contributed by atoms with E-state index in [0.29, 0.717) is 19.8 Å². The van der Waals surface area contributed by atoms with Gasteiger partial charge in [-0.2, -0.15) is 0 Å². The van der Waals surface area contributed by atoms with Gasteiger partial charge in [-0.05, 0) is 34.7 Å². The summed E-state index contributed by atoms with van der Waals surface area (Å²) in [5.74, 6) is 0.127. The fraction of sp³-hybridized carbons (Fsp3) is 0.938. The molecule has 0 spiro atoms. The molecule has 0 aliphatic carbocycles. The molecule has 3 atom stereocenters. The van der Waals surface area contributed by atoms with Crippen molar-refractivity contribution in [2.24, 2.45) is 0 Å². The zero-order valence-corrected chi connectivity index (χ0v) is 15.0. The summed E-state index contributed by atoms with van der Waals surface area (Å²) in [6.45, 7) is 9.59. The van der Waals surface area contributed by atoms with E-state index in [1.807, 2.05) is 44.5 Å². The third kappa shape index (κ3) is 4.65. The van der Waals surface area contributed by atoms with Crippen LogP contribution in [0.2, 0.25) is 0 Å². The predicted molar refractivity (Wildman–Crippen MR) is 85.9 cm³/mol. The summed E-state index contributed by atoms with van der Waals surface area (Å²) < 4.78 is 16.6. The van der Waals surface area contributed by atoms with E-state index in [1.54, 1.807) is 14.2 Å². The number of carbonyl (C=O) groups excluding carboxylic acids is 1. The van der Waals surface area contributed by atoms with Crippen LogP contribution in [0.1, 0.15) is 27.7 Å². The molecule has 0 aromatic heterocycles. The maximum absolute atomic E-state index is 12.6. The van der Waals surface area contributed by atoms with E-state index < -0.39 is 0 Å². The fourth-order valence-electron chi connectivity index (χ4n) is 3.22. The minimum atomic E-state index is -0.104. The van der Waals surface area contributed by atoms with E-state index in [0.717, 1.165) is 0 Å². The molecule has 22 heavy (non-hydrogen) atoms. The first kappa shape index (κ1) is 19.4. The van der Waals surface area contributed by atoms with Gasteiger partial charge in [0.25, 0.3) is 0 Å². The molecule has 0 bridgehead atoms. The number of hydrogen-bond acceptors (Lipinski definition) is 5. The maximum Gasteiger partial charge on any atom is 0.237 e. The second-order valence-corrected chi connectivity index (χ2v) is 6.48. The zero-order valence-electron chi connectivity index (χ0n) is 15.0.